The minimum atomic E-state index is -0.442. The fourth-order valence-corrected chi connectivity index (χ4v) is 2.51. The van der Waals surface area contributed by atoms with Crippen LogP contribution in [0.4, 0.5) is 0 Å². The lowest BCUT2D eigenvalue weighted by Crippen LogP contribution is -2.04. The molecule has 0 aliphatic carbocycles. The fraction of sp³-hybridized carbons (Fsp3) is 0.333. The molecule has 0 bridgehead atoms. The second-order valence-corrected chi connectivity index (χ2v) is 5.17. The Morgan fingerprint density at radius 2 is 2.06 bits per heavy atom. The van der Waals surface area contributed by atoms with Gasteiger partial charge in [0.05, 0.1) is 12.7 Å². The summed E-state index contributed by atoms with van der Waals surface area (Å²) < 4.78 is 5.78. The van der Waals surface area contributed by atoms with Crippen molar-refractivity contribution >= 4 is 11.3 Å². The summed E-state index contributed by atoms with van der Waals surface area (Å²) in [7, 11) is 0. The average molecular weight is 262 g/mol. The second-order valence-electron chi connectivity index (χ2n) is 4.14. The molecule has 1 aromatic carbocycles. The maximum atomic E-state index is 9.92. The van der Waals surface area contributed by atoms with Gasteiger partial charge in [0.15, 0.2) is 0 Å². The van der Waals surface area contributed by atoms with Gasteiger partial charge in [0.2, 0.25) is 0 Å². The molecule has 0 saturated heterocycles. The van der Waals surface area contributed by atoms with E-state index in [1.807, 2.05) is 31.2 Å². The van der Waals surface area contributed by atoms with E-state index < -0.39 is 6.10 Å². The van der Waals surface area contributed by atoms with Crippen LogP contribution >= 0.6 is 11.3 Å². The molecule has 1 heterocycles. The summed E-state index contributed by atoms with van der Waals surface area (Å²) >= 11 is 1.74. The summed E-state index contributed by atoms with van der Waals surface area (Å²) in [5.74, 6) is 0.795. The lowest BCUT2D eigenvalue weighted by molar-refractivity contribution is 0.167. The van der Waals surface area contributed by atoms with Gasteiger partial charge in [-0.15, -0.1) is 11.3 Å². The standard InChI is InChI=1S/C15H18O2S/c1-2-14(16)13-7-3-4-8-15(13)17-10-9-12-6-5-11-18-12/h3-8,11,14,16H,2,9-10H2,1H3. The number of aliphatic hydroxyl groups excluding tert-OH is 1. The second kappa shape index (κ2) is 6.57. The molecule has 1 atom stereocenters. The van der Waals surface area contributed by atoms with Crippen molar-refractivity contribution in [2.75, 3.05) is 6.61 Å². The molecular formula is C15H18O2S. The van der Waals surface area contributed by atoms with Crippen molar-refractivity contribution in [1.82, 2.24) is 0 Å². The lowest BCUT2D eigenvalue weighted by atomic mass is 10.1. The molecule has 1 N–H and O–H groups in total. The lowest BCUT2D eigenvalue weighted by Gasteiger charge is -2.14. The third-order valence-corrected chi connectivity index (χ3v) is 3.79. The highest BCUT2D eigenvalue weighted by Gasteiger charge is 2.10. The Labute approximate surface area is 112 Å². The molecule has 1 aromatic heterocycles. The smallest absolute Gasteiger partial charge is 0.125 e. The minimum absolute atomic E-state index is 0.442. The first-order valence-corrected chi connectivity index (χ1v) is 7.11. The van der Waals surface area contributed by atoms with Crippen molar-refractivity contribution in [2.24, 2.45) is 0 Å². The summed E-state index contributed by atoms with van der Waals surface area (Å²) in [5, 5.41) is 12.0. The Balaban J connectivity index is 1.96. The summed E-state index contributed by atoms with van der Waals surface area (Å²) in [6.07, 6.45) is 1.17. The van der Waals surface area contributed by atoms with Crippen molar-refractivity contribution < 1.29 is 9.84 Å². The van der Waals surface area contributed by atoms with Gasteiger partial charge in [-0.05, 0) is 23.9 Å². The van der Waals surface area contributed by atoms with Gasteiger partial charge in [-0.25, -0.2) is 0 Å². The number of hydrogen-bond donors (Lipinski definition) is 1. The summed E-state index contributed by atoms with van der Waals surface area (Å²) in [5.41, 5.74) is 0.881. The van der Waals surface area contributed by atoms with Crippen LogP contribution in [-0.2, 0) is 6.42 Å². The van der Waals surface area contributed by atoms with Crippen molar-refractivity contribution in [3.05, 3.63) is 52.2 Å². The van der Waals surface area contributed by atoms with Gasteiger partial charge in [-0.3, -0.25) is 0 Å². The third kappa shape index (κ3) is 3.34. The van der Waals surface area contributed by atoms with E-state index in [4.69, 9.17) is 4.74 Å². The molecule has 0 spiro atoms. The van der Waals surface area contributed by atoms with Crippen LogP contribution in [0.15, 0.2) is 41.8 Å². The van der Waals surface area contributed by atoms with Crippen molar-refractivity contribution in [1.29, 1.82) is 0 Å². The van der Waals surface area contributed by atoms with E-state index in [2.05, 4.69) is 17.5 Å². The molecule has 0 amide bonds. The first-order chi connectivity index (χ1) is 8.81. The SMILES string of the molecule is CCC(O)c1ccccc1OCCc1cccs1. The maximum absolute atomic E-state index is 9.92. The molecule has 0 aliphatic heterocycles. The fourth-order valence-electron chi connectivity index (χ4n) is 1.82. The average Bonchev–Trinajstić information content (AvgIpc) is 2.92. The number of thiophene rings is 1. The zero-order chi connectivity index (χ0) is 12.8. The number of aliphatic hydroxyl groups is 1. The predicted molar refractivity (Wildman–Crippen MR) is 75.2 cm³/mol. The van der Waals surface area contributed by atoms with Crippen LogP contribution in [0.3, 0.4) is 0 Å². The van der Waals surface area contributed by atoms with E-state index in [1.165, 1.54) is 4.88 Å². The number of rotatable bonds is 6. The van der Waals surface area contributed by atoms with Crippen LogP contribution in [-0.4, -0.2) is 11.7 Å². The van der Waals surface area contributed by atoms with Crippen LogP contribution in [0, 0.1) is 0 Å². The van der Waals surface area contributed by atoms with Gasteiger partial charge in [0, 0.05) is 16.9 Å². The molecule has 0 radical (unpaired) electrons. The van der Waals surface area contributed by atoms with Gasteiger partial charge >= 0.3 is 0 Å². The summed E-state index contributed by atoms with van der Waals surface area (Å²) in [4.78, 5) is 1.32. The number of ether oxygens (including phenoxy) is 1. The topological polar surface area (TPSA) is 29.5 Å². The Morgan fingerprint density at radius 1 is 1.22 bits per heavy atom. The molecule has 0 fully saturated rings. The highest BCUT2D eigenvalue weighted by molar-refractivity contribution is 7.09. The quantitative estimate of drug-likeness (QED) is 0.857. The molecule has 2 rings (SSSR count). The van der Waals surface area contributed by atoms with Crippen molar-refractivity contribution in [2.45, 2.75) is 25.9 Å². The van der Waals surface area contributed by atoms with Gasteiger partial charge < -0.3 is 9.84 Å². The predicted octanol–water partition coefficient (Wildman–Crippen LogP) is 3.81. The van der Waals surface area contributed by atoms with Gasteiger partial charge in [0.1, 0.15) is 5.75 Å². The number of para-hydroxylation sites is 1. The Kier molecular flexibility index (Phi) is 4.79. The summed E-state index contributed by atoms with van der Waals surface area (Å²) in [6, 6.07) is 11.9. The molecule has 96 valence electrons. The zero-order valence-corrected chi connectivity index (χ0v) is 11.3. The van der Waals surface area contributed by atoms with Crippen LogP contribution in [0.5, 0.6) is 5.75 Å². The number of benzene rings is 1. The monoisotopic (exact) mass is 262 g/mol. The molecule has 1 unspecified atom stereocenters. The van der Waals surface area contributed by atoms with E-state index >= 15 is 0 Å². The minimum Gasteiger partial charge on any atom is -0.493 e. The largest absolute Gasteiger partial charge is 0.493 e. The molecule has 2 nitrogen and oxygen atoms in total. The Hall–Kier alpha value is -1.32. The van der Waals surface area contributed by atoms with E-state index in [0.29, 0.717) is 13.0 Å². The van der Waals surface area contributed by atoms with Crippen LogP contribution in [0.2, 0.25) is 0 Å². The molecule has 18 heavy (non-hydrogen) atoms. The molecule has 0 aliphatic rings. The van der Waals surface area contributed by atoms with E-state index in [1.54, 1.807) is 11.3 Å². The molecule has 2 aromatic rings. The normalized spacial score (nSPS) is 12.3. The third-order valence-electron chi connectivity index (χ3n) is 2.85. The molecule has 3 heteroatoms. The first kappa shape index (κ1) is 13.1. The van der Waals surface area contributed by atoms with Gasteiger partial charge in [0.25, 0.3) is 0 Å². The van der Waals surface area contributed by atoms with E-state index in [-0.39, 0.29) is 0 Å². The van der Waals surface area contributed by atoms with Crippen LogP contribution in [0.25, 0.3) is 0 Å². The van der Waals surface area contributed by atoms with Crippen molar-refractivity contribution in [3.8, 4) is 5.75 Å². The zero-order valence-electron chi connectivity index (χ0n) is 10.5. The highest BCUT2D eigenvalue weighted by Crippen LogP contribution is 2.27. The maximum Gasteiger partial charge on any atom is 0.125 e. The van der Waals surface area contributed by atoms with Gasteiger partial charge in [-0.1, -0.05) is 31.2 Å². The van der Waals surface area contributed by atoms with Gasteiger partial charge in [-0.2, -0.15) is 0 Å². The van der Waals surface area contributed by atoms with Crippen LogP contribution < -0.4 is 4.74 Å². The molecule has 0 saturated carbocycles. The molecular weight excluding hydrogens is 244 g/mol. The first-order valence-electron chi connectivity index (χ1n) is 6.23. The summed E-state index contributed by atoms with van der Waals surface area (Å²) in [6.45, 7) is 2.61. The van der Waals surface area contributed by atoms with Crippen molar-refractivity contribution in [3.63, 3.8) is 0 Å². The Bertz CT molecular complexity index is 465. The van der Waals surface area contributed by atoms with Crippen LogP contribution in [0.1, 0.15) is 29.9 Å². The van der Waals surface area contributed by atoms with E-state index in [0.717, 1.165) is 17.7 Å². The highest BCUT2D eigenvalue weighted by atomic mass is 32.1. The number of hydrogen-bond acceptors (Lipinski definition) is 3. The Morgan fingerprint density at radius 3 is 2.78 bits per heavy atom. The van der Waals surface area contributed by atoms with E-state index in [9.17, 15) is 5.11 Å².